The first kappa shape index (κ1) is 18.5. The highest BCUT2D eigenvalue weighted by atomic mass is 19.1. The number of fused-ring (bicyclic) bond motifs is 1. The van der Waals surface area contributed by atoms with Crippen molar-refractivity contribution in [3.63, 3.8) is 0 Å². The summed E-state index contributed by atoms with van der Waals surface area (Å²) in [6, 6.07) is 7.57. The predicted octanol–water partition coefficient (Wildman–Crippen LogP) is 2.85. The second-order valence-electron chi connectivity index (χ2n) is 6.81. The number of nitrogens with zero attached hydrogens (tertiary/aromatic N) is 4. The van der Waals surface area contributed by atoms with Gasteiger partial charge in [0.2, 0.25) is 0 Å². The van der Waals surface area contributed by atoms with Crippen LogP contribution in [0.5, 0.6) is 0 Å². The van der Waals surface area contributed by atoms with Gasteiger partial charge in [-0.2, -0.15) is 5.10 Å². The molecule has 4 rings (SSSR count). The lowest BCUT2D eigenvalue weighted by molar-refractivity contribution is 0.393. The van der Waals surface area contributed by atoms with Gasteiger partial charge in [-0.3, -0.25) is 4.68 Å². The minimum Gasteiger partial charge on any atom is -0.311 e. The lowest BCUT2D eigenvalue weighted by atomic mass is 9.91. The summed E-state index contributed by atoms with van der Waals surface area (Å²) >= 11 is 0. The van der Waals surface area contributed by atoms with Crippen molar-refractivity contribution in [3.8, 4) is 0 Å². The average molecular weight is 388 g/mol. The van der Waals surface area contributed by atoms with Gasteiger partial charge in [-0.05, 0) is 36.8 Å². The Morgan fingerprint density at radius 2 is 1.89 bits per heavy atom. The van der Waals surface area contributed by atoms with Crippen molar-refractivity contribution in [3.05, 3.63) is 77.6 Å². The van der Waals surface area contributed by atoms with Gasteiger partial charge in [0.25, 0.3) is 0 Å². The molecule has 1 aromatic heterocycles. The molecule has 0 aliphatic carbocycles. The van der Waals surface area contributed by atoms with Crippen LogP contribution in [0.2, 0.25) is 0 Å². The molecule has 1 unspecified atom stereocenters. The first-order valence-corrected chi connectivity index (χ1v) is 8.82. The van der Waals surface area contributed by atoms with E-state index in [2.05, 4.69) is 15.5 Å². The van der Waals surface area contributed by atoms with Crippen molar-refractivity contribution in [1.82, 2.24) is 20.2 Å². The summed E-state index contributed by atoms with van der Waals surface area (Å²) in [5.74, 6) is -2.08. The van der Waals surface area contributed by atoms with Gasteiger partial charge in [0.15, 0.2) is 0 Å². The fourth-order valence-electron chi connectivity index (χ4n) is 3.64. The second-order valence-corrected chi connectivity index (χ2v) is 6.81. The number of halogens is 3. The number of rotatable bonds is 5. The van der Waals surface area contributed by atoms with E-state index in [4.69, 9.17) is 5.73 Å². The minimum atomic E-state index is -0.643. The van der Waals surface area contributed by atoms with Crippen LogP contribution in [0.3, 0.4) is 0 Å². The van der Waals surface area contributed by atoms with Crippen molar-refractivity contribution in [1.29, 1.82) is 0 Å². The highest BCUT2D eigenvalue weighted by Gasteiger charge is 2.35. The van der Waals surface area contributed by atoms with Gasteiger partial charge in [0.1, 0.15) is 36.3 Å². The van der Waals surface area contributed by atoms with E-state index < -0.39 is 23.7 Å². The largest absolute Gasteiger partial charge is 0.311 e. The van der Waals surface area contributed by atoms with E-state index in [1.165, 1.54) is 36.9 Å². The SMILES string of the molecule is C[C@H]([C@@H](Cn1cncn1)c1ccc(F)cc1F)N1NC(N)c2cc(F)ccc21. The molecular formula is C19H19F3N6. The van der Waals surface area contributed by atoms with E-state index in [0.29, 0.717) is 23.4 Å². The Morgan fingerprint density at radius 3 is 2.61 bits per heavy atom. The van der Waals surface area contributed by atoms with Gasteiger partial charge in [-0.1, -0.05) is 6.07 Å². The third kappa shape index (κ3) is 3.34. The van der Waals surface area contributed by atoms with E-state index >= 15 is 0 Å². The van der Waals surface area contributed by atoms with Crippen LogP contribution in [0.4, 0.5) is 18.9 Å². The van der Waals surface area contributed by atoms with Crippen LogP contribution in [0, 0.1) is 17.5 Å². The maximum Gasteiger partial charge on any atom is 0.137 e. The molecule has 3 aromatic rings. The number of benzene rings is 2. The summed E-state index contributed by atoms with van der Waals surface area (Å²) in [6.07, 6.45) is 2.34. The molecule has 2 heterocycles. The molecule has 0 saturated carbocycles. The molecule has 28 heavy (non-hydrogen) atoms. The molecule has 3 atom stereocenters. The van der Waals surface area contributed by atoms with Crippen molar-refractivity contribution in [2.45, 2.75) is 31.6 Å². The summed E-state index contributed by atoms with van der Waals surface area (Å²) in [6.45, 7) is 2.20. The molecule has 2 aromatic carbocycles. The summed E-state index contributed by atoms with van der Waals surface area (Å²) in [4.78, 5) is 3.93. The average Bonchev–Trinajstić information content (AvgIpc) is 3.28. The highest BCUT2D eigenvalue weighted by Crippen LogP contribution is 2.36. The third-order valence-electron chi connectivity index (χ3n) is 5.06. The van der Waals surface area contributed by atoms with Crippen molar-refractivity contribution in [2.75, 3.05) is 5.01 Å². The maximum absolute atomic E-state index is 14.6. The van der Waals surface area contributed by atoms with Crippen LogP contribution >= 0.6 is 0 Å². The monoisotopic (exact) mass is 388 g/mol. The normalized spacial score (nSPS) is 18.2. The smallest absolute Gasteiger partial charge is 0.137 e. The summed E-state index contributed by atoms with van der Waals surface area (Å²) in [7, 11) is 0. The second kappa shape index (κ2) is 7.25. The van der Waals surface area contributed by atoms with Crippen LogP contribution in [0.1, 0.15) is 30.1 Å². The fourth-order valence-corrected chi connectivity index (χ4v) is 3.64. The Kier molecular flexibility index (Phi) is 4.78. The summed E-state index contributed by atoms with van der Waals surface area (Å²) in [5.41, 5.74) is 10.9. The quantitative estimate of drug-likeness (QED) is 0.703. The molecule has 0 bridgehead atoms. The summed E-state index contributed by atoms with van der Waals surface area (Å²) < 4.78 is 43.3. The van der Waals surface area contributed by atoms with E-state index in [9.17, 15) is 13.2 Å². The van der Waals surface area contributed by atoms with Gasteiger partial charge in [-0.15, -0.1) is 0 Å². The fraction of sp³-hybridized carbons (Fsp3) is 0.263. The van der Waals surface area contributed by atoms with Crippen molar-refractivity contribution < 1.29 is 13.2 Å². The third-order valence-corrected chi connectivity index (χ3v) is 5.06. The molecule has 146 valence electrons. The van der Waals surface area contributed by atoms with Crippen LogP contribution < -0.4 is 16.2 Å². The van der Waals surface area contributed by atoms with E-state index in [1.54, 1.807) is 15.8 Å². The van der Waals surface area contributed by atoms with Crippen LogP contribution in [-0.2, 0) is 6.54 Å². The molecule has 0 radical (unpaired) electrons. The van der Waals surface area contributed by atoms with E-state index in [-0.39, 0.29) is 11.9 Å². The van der Waals surface area contributed by atoms with Crippen molar-refractivity contribution in [2.24, 2.45) is 5.73 Å². The number of anilines is 1. The van der Waals surface area contributed by atoms with Gasteiger partial charge < -0.3 is 10.7 Å². The standard InChI is InChI=1S/C19H19F3N6/c1-11(28-18-5-3-12(20)6-15(18)19(23)26-28)16(8-27-10-24-9-25-27)14-4-2-13(21)7-17(14)22/h2-7,9-11,16,19,26H,8,23H2,1H3/t11-,16-,19?/m1/s1. The molecule has 0 amide bonds. The number of aromatic nitrogens is 3. The molecule has 0 fully saturated rings. The number of nitrogens with two attached hydrogens (primary N) is 1. The zero-order valence-electron chi connectivity index (χ0n) is 15.1. The Hall–Kier alpha value is -2.91. The van der Waals surface area contributed by atoms with E-state index in [0.717, 1.165) is 6.07 Å². The number of hydrogen-bond acceptors (Lipinski definition) is 5. The lowest BCUT2D eigenvalue weighted by Gasteiger charge is -2.34. The lowest BCUT2D eigenvalue weighted by Crippen LogP contribution is -2.47. The van der Waals surface area contributed by atoms with Gasteiger partial charge >= 0.3 is 0 Å². The first-order valence-electron chi connectivity index (χ1n) is 8.82. The zero-order valence-corrected chi connectivity index (χ0v) is 15.1. The molecule has 3 N–H and O–H groups in total. The topological polar surface area (TPSA) is 72.0 Å². The molecule has 6 nitrogen and oxygen atoms in total. The molecule has 1 aliphatic heterocycles. The number of hydrogen-bond donors (Lipinski definition) is 2. The van der Waals surface area contributed by atoms with Crippen LogP contribution in [-0.4, -0.2) is 20.8 Å². The molecular weight excluding hydrogens is 369 g/mol. The number of nitrogens with one attached hydrogen (secondary N) is 1. The zero-order chi connectivity index (χ0) is 19.8. The predicted molar refractivity (Wildman–Crippen MR) is 97.5 cm³/mol. The Labute approximate surface area is 159 Å². The highest BCUT2D eigenvalue weighted by molar-refractivity contribution is 5.59. The Bertz CT molecular complexity index is 978. The Morgan fingerprint density at radius 1 is 1.14 bits per heavy atom. The van der Waals surface area contributed by atoms with E-state index in [1.807, 2.05) is 6.92 Å². The van der Waals surface area contributed by atoms with Crippen LogP contribution in [0.15, 0.2) is 49.1 Å². The minimum absolute atomic E-state index is 0.313. The molecule has 0 spiro atoms. The molecule has 0 saturated heterocycles. The van der Waals surface area contributed by atoms with Gasteiger partial charge in [0.05, 0.1) is 18.3 Å². The van der Waals surface area contributed by atoms with Gasteiger partial charge in [0, 0.05) is 17.5 Å². The maximum atomic E-state index is 14.6. The molecule has 1 aliphatic rings. The van der Waals surface area contributed by atoms with Gasteiger partial charge in [-0.25, -0.2) is 23.6 Å². The van der Waals surface area contributed by atoms with Crippen LogP contribution in [0.25, 0.3) is 0 Å². The summed E-state index contributed by atoms with van der Waals surface area (Å²) in [5, 5.41) is 5.90. The first-order chi connectivity index (χ1) is 13.4. The number of hydrazine groups is 1. The Balaban J connectivity index is 1.72. The van der Waals surface area contributed by atoms with Crippen molar-refractivity contribution >= 4 is 5.69 Å². The molecule has 9 heteroatoms.